The van der Waals surface area contributed by atoms with Crippen LogP contribution in [0.15, 0.2) is 0 Å². The number of nitrogens with zero attached hydrogens (tertiary/aromatic N) is 2. The molecule has 0 radical (unpaired) electrons. The van der Waals surface area contributed by atoms with Gasteiger partial charge in [0.2, 0.25) is 23.6 Å². The van der Waals surface area contributed by atoms with Gasteiger partial charge >= 0.3 is 206 Å². The summed E-state index contributed by atoms with van der Waals surface area (Å²) in [7, 11) is 0. The molecule has 0 aromatic rings. The first-order valence-corrected chi connectivity index (χ1v) is 22.2. The predicted molar refractivity (Wildman–Crippen MR) is 213 cm³/mol. The molecule has 0 aliphatic rings. The van der Waals surface area contributed by atoms with Gasteiger partial charge in [0.1, 0.15) is 0 Å². The summed E-state index contributed by atoms with van der Waals surface area (Å²) >= 11 is 0. The molecule has 2 unspecified atom stereocenters. The molecule has 63 heavy (non-hydrogen) atoms. The molecular formula is C43H72K4N4O12. The van der Waals surface area contributed by atoms with Crippen molar-refractivity contribution in [1.29, 1.82) is 0 Å². The summed E-state index contributed by atoms with van der Waals surface area (Å²) in [5, 5.41) is 50.9. The van der Waals surface area contributed by atoms with Gasteiger partial charge < -0.3 is 60.0 Å². The number of carbonyl (C=O) groups is 8. The maximum atomic E-state index is 12.9. The minimum Gasteiger partial charge on any atom is -0.548 e. The first kappa shape index (κ1) is 74.3. The molecular weight excluding hydrogens is 921 g/mol. The Kier molecular flexibility index (Phi) is 59.7. The molecule has 0 saturated heterocycles. The minimum atomic E-state index is -1.57. The third kappa shape index (κ3) is 45.2. The average Bonchev–Trinajstić information content (AvgIpc) is 3.17. The zero-order valence-corrected chi connectivity index (χ0v) is 52.4. The Labute approximate surface area is 547 Å². The van der Waals surface area contributed by atoms with Crippen molar-refractivity contribution in [2.75, 3.05) is 26.2 Å². The molecule has 2 N–H and O–H groups in total. The SMILES string of the molecule is CCCCCCCCCCCC(=O)NC(CCC(=O)N(CCCCCN(CC(=O)[O-])C(=O)CCC(NC(=O)CCCCCCCCCCC)C(=O)[O-])CC(=O)[O-])C(=O)[O-].[K+].[K+].[K+].[K+]. The number of nitrogens with one attached hydrogen (secondary N) is 2. The van der Waals surface area contributed by atoms with Crippen LogP contribution in [0.25, 0.3) is 0 Å². The van der Waals surface area contributed by atoms with Crippen LogP contribution in [0.5, 0.6) is 0 Å². The van der Waals surface area contributed by atoms with Crippen molar-refractivity contribution in [1.82, 2.24) is 20.4 Å². The monoisotopic (exact) mass is 992 g/mol. The summed E-state index contributed by atoms with van der Waals surface area (Å²) in [6.45, 7) is 2.68. The number of amides is 4. The maximum Gasteiger partial charge on any atom is 1.00 e. The Morgan fingerprint density at radius 3 is 0.937 bits per heavy atom. The van der Waals surface area contributed by atoms with Crippen LogP contribution in [0, 0.1) is 0 Å². The second-order valence-electron chi connectivity index (χ2n) is 15.5. The van der Waals surface area contributed by atoms with Crippen molar-refractivity contribution in [2.45, 2.75) is 199 Å². The summed E-state index contributed by atoms with van der Waals surface area (Å²) in [5.41, 5.74) is 0. The zero-order valence-electron chi connectivity index (χ0n) is 39.9. The second kappa shape index (κ2) is 50.7. The molecule has 0 aromatic carbocycles. The van der Waals surface area contributed by atoms with Gasteiger partial charge in [0.15, 0.2) is 0 Å². The van der Waals surface area contributed by atoms with E-state index < -0.39 is 72.7 Å². The number of hydrogen-bond acceptors (Lipinski definition) is 12. The van der Waals surface area contributed by atoms with E-state index in [-0.39, 0.29) is 270 Å². The standard InChI is InChI=1S/C43H76N4O12.4K/c1-3-5-7-9-11-13-15-17-20-24-36(48)44-34(42(56)57)26-28-38(50)46(32-40(52)53)30-22-19-23-31-47(33-41(54)55)39(51)29-27-35(43(58)59)45-37(49)25-21-18-16-14-12-10-8-6-4-2;;;;/h34-35H,3-33H2,1-2H3,(H,44,48)(H,45,49)(H,52,53)(H,54,55)(H,56,57)(H,58,59);;;;/q;4*+1/p-4. The number of unbranched alkanes of at least 4 members (excludes halogenated alkanes) is 18. The van der Waals surface area contributed by atoms with Gasteiger partial charge in [0.25, 0.3) is 0 Å². The number of carboxylic acid groups (broad SMARTS) is 4. The molecule has 0 fully saturated rings. The molecule has 20 heteroatoms. The Hall–Kier alpha value is 2.31. The quantitative estimate of drug-likeness (QED) is 0.0429. The average molecular weight is 993 g/mol. The predicted octanol–water partition coefficient (Wildman–Crippen LogP) is -10.8. The van der Waals surface area contributed by atoms with Crippen molar-refractivity contribution < 1.29 is 264 Å². The Morgan fingerprint density at radius 1 is 0.397 bits per heavy atom. The van der Waals surface area contributed by atoms with Gasteiger partial charge in [-0.3, -0.25) is 19.2 Å². The molecule has 0 aliphatic carbocycles. The van der Waals surface area contributed by atoms with Gasteiger partial charge in [-0.15, -0.1) is 0 Å². The van der Waals surface area contributed by atoms with Crippen molar-refractivity contribution in [2.24, 2.45) is 0 Å². The second-order valence-corrected chi connectivity index (χ2v) is 15.5. The van der Waals surface area contributed by atoms with Gasteiger partial charge in [0.05, 0.1) is 49.1 Å². The zero-order chi connectivity index (χ0) is 44.3. The van der Waals surface area contributed by atoms with Crippen molar-refractivity contribution in [3.8, 4) is 0 Å². The normalized spacial score (nSPS) is 11.2. The number of rotatable bonds is 40. The number of aliphatic carboxylic acids is 4. The number of carbonyl (C=O) groups excluding carboxylic acids is 8. The van der Waals surface area contributed by atoms with E-state index in [1.807, 2.05) is 0 Å². The summed E-state index contributed by atoms with van der Waals surface area (Å²) in [5.74, 6) is -8.51. The van der Waals surface area contributed by atoms with Crippen LogP contribution >= 0.6 is 0 Å². The van der Waals surface area contributed by atoms with E-state index in [2.05, 4.69) is 24.5 Å². The van der Waals surface area contributed by atoms with Crippen LogP contribution in [-0.4, -0.2) is 95.6 Å². The van der Waals surface area contributed by atoms with Crippen LogP contribution in [0.4, 0.5) is 0 Å². The van der Waals surface area contributed by atoms with E-state index in [9.17, 15) is 58.8 Å². The summed E-state index contributed by atoms with van der Waals surface area (Å²) in [4.78, 5) is 98.7. The minimum absolute atomic E-state index is 0. The fourth-order valence-electron chi connectivity index (χ4n) is 6.75. The summed E-state index contributed by atoms with van der Waals surface area (Å²) in [6.07, 6.45) is 18.6. The third-order valence-corrected chi connectivity index (χ3v) is 10.2. The van der Waals surface area contributed by atoms with E-state index in [1.165, 1.54) is 51.4 Å². The molecule has 0 rings (SSSR count). The van der Waals surface area contributed by atoms with Crippen molar-refractivity contribution >= 4 is 47.5 Å². The van der Waals surface area contributed by atoms with Crippen LogP contribution in [-0.2, 0) is 38.4 Å². The molecule has 0 heterocycles. The summed E-state index contributed by atoms with van der Waals surface area (Å²) in [6, 6.07) is -2.88. The van der Waals surface area contributed by atoms with E-state index in [1.54, 1.807) is 0 Å². The smallest absolute Gasteiger partial charge is 0.548 e. The van der Waals surface area contributed by atoms with Gasteiger partial charge in [0, 0.05) is 38.8 Å². The van der Waals surface area contributed by atoms with Crippen LogP contribution in [0.3, 0.4) is 0 Å². The molecule has 4 amide bonds. The van der Waals surface area contributed by atoms with Crippen LogP contribution in [0.2, 0.25) is 0 Å². The fourth-order valence-corrected chi connectivity index (χ4v) is 6.75. The largest absolute Gasteiger partial charge is 1.00 e. The Bertz CT molecular complexity index is 1180. The third-order valence-electron chi connectivity index (χ3n) is 10.2. The van der Waals surface area contributed by atoms with E-state index >= 15 is 0 Å². The fraction of sp³-hybridized carbons (Fsp3) is 0.814. The van der Waals surface area contributed by atoms with E-state index in [0.717, 1.165) is 61.2 Å². The molecule has 16 nitrogen and oxygen atoms in total. The first-order chi connectivity index (χ1) is 28.2. The van der Waals surface area contributed by atoms with Crippen LogP contribution in [0.1, 0.15) is 187 Å². The topological polar surface area (TPSA) is 259 Å². The number of hydrogen-bond donors (Lipinski definition) is 2. The molecule has 0 aliphatic heterocycles. The molecule has 2 atom stereocenters. The van der Waals surface area contributed by atoms with Crippen molar-refractivity contribution in [3.63, 3.8) is 0 Å². The Balaban J connectivity index is -0.00000280. The van der Waals surface area contributed by atoms with Crippen molar-refractivity contribution in [3.05, 3.63) is 0 Å². The van der Waals surface area contributed by atoms with Gasteiger partial charge in [-0.05, 0) is 44.9 Å². The van der Waals surface area contributed by atoms with Gasteiger partial charge in [-0.2, -0.15) is 0 Å². The molecule has 0 aromatic heterocycles. The molecule has 340 valence electrons. The van der Waals surface area contributed by atoms with E-state index in [0.29, 0.717) is 19.3 Å². The molecule has 0 spiro atoms. The number of carboxylic acids is 4. The van der Waals surface area contributed by atoms with E-state index in [4.69, 9.17) is 0 Å². The van der Waals surface area contributed by atoms with Gasteiger partial charge in [-0.1, -0.05) is 117 Å². The Morgan fingerprint density at radius 2 is 0.667 bits per heavy atom. The first-order valence-electron chi connectivity index (χ1n) is 22.2. The van der Waals surface area contributed by atoms with Gasteiger partial charge in [-0.25, -0.2) is 0 Å². The summed E-state index contributed by atoms with van der Waals surface area (Å²) < 4.78 is 0. The molecule has 0 bridgehead atoms. The maximum absolute atomic E-state index is 12.9. The molecule has 0 saturated carbocycles. The van der Waals surface area contributed by atoms with Crippen LogP contribution < -0.4 is 237 Å².